The normalized spacial score (nSPS) is 10.2. The lowest BCUT2D eigenvalue weighted by Crippen LogP contribution is -2.05. The van der Waals surface area contributed by atoms with Gasteiger partial charge in [0.2, 0.25) is 0 Å². The molecule has 1 aromatic heterocycles. The van der Waals surface area contributed by atoms with Crippen molar-refractivity contribution in [3.63, 3.8) is 0 Å². The third-order valence-corrected chi connectivity index (χ3v) is 3.28. The number of hydrogen-bond donors (Lipinski definition) is 1. The van der Waals surface area contributed by atoms with E-state index in [0.29, 0.717) is 22.3 Å². The van der Waals surface area contributed by atoms with E-state index in [9.17, 15) is 9.18 Å². The van der Waals surface area contributed by atoms with Crippen LogP contribution in [-0.4, -0.2) is 18.1 Å². The van der Waals surface area contributed by atoms with E-state index in [1.165, 1.54) is 19.4 Å². The smallest absolute Gasteiger partial charge is 0.339 e. The van der Waals surface area contributed by atoms with Gasteiger partial charge in [-0.25, -0.2) is 9.18 Å². The van der Waals surface area contributed by atoms with Gasteiger partial charge in [0.1, 0.15) is 5.82 Å². The number of halogens is 2. The highest BCUT2D eigenvalue weighted by Crippen LogP contribution is 2.19. The van der Waals surface area contributed by atoms with E-state index in [2.05, 4.69) is 31.0 Å². The molecule has 1 heterocycles. The molecule has 0 saturated heterocycles. The van der Waals surface area contributed by atoms with Gasteiger partial charge < -0.3 is 10.1 Å². The van der Waals surface area contributed by atoms with Crippen molar-refractivity contribution >= 4 is 27.6 Å². The predicted octanol–water partition coefficient (Wildman–Crippen LogP) is 3.38. The van der Waals surface area contributed by atoms with E-state index in [1.54, 1.807) is 24.3 Å². The zero-order chi connectivity index (χ0) is 14.5. The molecule has 6 heteroatoms. The van der Waals surface area contributed by atoms with Gasteiger partial charge >= 0.3 is 5.97 Å². The van der Waals surface area contributed by atoms with Crippen LogP contribution in [0, 0.1) is 5.82 Å². The van der Waals surface area contributed by atoms with E-state index in [0.717, 1.165) is 5.69 Å². The molecule has 0 atom stereocenters. The van der Waals surface area contributed by atoms with Crippen LogP contribution in [0.1, 0.15) is 16.1 Å². The van der Waals surface area contributed by atoms with Crippen molar-refractivity contribution in [2.24, 2.45) is 0 Å². The van der Waals surface area contributed by atoms with E-state index in [1.807, 2.05) is 0 Å². The maximum atomic E-state index is 13.3. The van der Waals surface area contributed by atoms with Gasteiger partial charge in [-0.1, -0.05) is 0 Å². The predicted molar refractivity (Wildman–Crippen MR) is 77.0 cm³/mol. The molecular weight excluding hydrogens is 327 g/mol. The number of nitrogens with one attached hydrogen (secondary N) is 1. The standard InChI is InChI=1S/C14H12BrFN2O2/c1-20-14(19)9-2-3-11(17-7-9)8-18-10-4-5-12(15)13(16)6-10/h2-7,18H,8H2,1H3. The molecule has 1 N–H and O–H groups in total. The monoisotopic (exact) mass is 338 g/mol. The summed E-state index contributed by atoms with van der Waals surface area (Å²) in [4.78, 5) is 15.4. The molecule has 0 aliphatic heterocycles. The Kier molecular flexibility index (Phi) is 4.68. The zero-order valence-corrected chi connectivity index (χ0v) is 12.3. The molecule has 104 valence electrons. The summed E-state index contributed by atoms with van der Waals surface area (Å²) in [7, 11) is 1.32. The maximum absolute atomic E-state index is 13.3. The van der Waals surface area contributed by atoms with Crippen LogP contribution >= 0.6 is 15.9 Å². The third kappa shape index (κ3) is 3.54. The lowest BCUT2D eigenvalue weighted by molar-refractivity contribution is 0.0600. The summed E-state index contributed by atoms with van der Waals surface area (Å²) in [6.07, 6.45) is 1.45. The van der Waals surface area contributed by atoms with Crippen LogP contribution in [0.25, 0.3) is 0 Å². The number of hydrogen-bond acceptors (Lipinski definition) is 4. The number of rotatable bonds is 4. The molecule has 2 rings (SSSR count). The Balaban J connectivity index is 2.00. The number of benzene rings is 1. The Hall–Kier alpha value is -1.95. The largest absolute Gasteiger partial charge is 0.465 e. The molecule has 2 aromatic rings. The molecule has 4 nitrogen and oxygen atoms in total. The van der Waals surface area contributed by atoms with E-state index < -0.39 is 5.97 Å². The number of ether oxygens (including phenoxy) is 1. The summed E-state index contributed by atoms with van der Waals surface area (Å²) in [6.45, 7) is 0.433. The van der Waals surface area contributed by atoms with Gasteiger partial charge in [0.15, 0.2) is 0 Å². The van der Waals surface area contributed by atoms with Gasteiger partial charge in [-0.2, -0.15) is 0 Å². The summed E-state index contributed by atoms with van der Waals surface area (Å²) >= 11 is 3.09. The van der Waals surface area contributed by atoms with E-state index >= 15 is 0 Å². The Morgan fingerprint density at radius 1 is 1.40 bits per heavy atom. The van der Waals surface area contributed by atoms with Crippen molar-refractivity contribution in [2.75, 3.05) is 12.4 Å². The summed E-state index contributed by atoms with van der Waals surface area (Å²) in [6, 6.07) is 8.14. The Morgan fingerprint density at radius 2 is 2.20 bits per heavy atom. The second-order valence-electron chi connectivity index (χ2n) is 4.01. The molecule has 0 unspecified atom stereocenters. The lowest BCUT2D eigenvalue weighted by atomic mass is 10.2. The van der Waals surface area contributed by atoms with Crippen molar-refractivity contribution in [3.05, 3.63) is 58.1 Å². The molecule has 0 amide bonds. The molecule has 0 aliphatic rings. The summed E-state index contributed by atoms with van der Waals surface area (Å²) < 4.78 is 18.3. The first-order chi connectivity index (χ1) is 9.60. The fraction of sp³-hybridized carbons (Fsp3) is 0.143. The van der Waals surface area contributed by atoms with Crippen molar-refractivity contribution in [3.8, 4) is 0 Å². The third-order valence-electron chi connectivity index (χ3n) is 2.64. The Labute approximate surface area is 124 Å². The second kappa shape index (κ2) is 6.47. The Bertz CT molecular complexity index is 617. The number of nitrogens with zero attached hydrogens (tertiary/aromatic N) is 1. The van der Waals surface area contributed by atoms with Gasteiger partial charge in [0.05, 0.1) is 29.4 Å². The van der Waals surface area contributed by atoms with Gasteiger partial charge in [0.25, 0.3) is 0 Å². The van der Waals surface area contributed by atoms with Crippen LogP contribution < -0.4 is 5.32 Å². The molecular formula is C14H12BrFN2O2. The minimum Gasteiger partial charge on any atom is -0.465 e. The fourth-order valence-corrected chi connectivity index (χ4v) is 1.81. The van der Waals surface area contributed by atoms with E-state index in [-0.39, 0.29) is 5.82 Å². The number of carbonyl (C=O) groups is 1. The van der Waals surface area contributed by atoms with Crippen molar-refractivity contribution in [1.82, 2.24) is 4.98 Å². The number of methoxy groups -OCH3 is 1. The quantitative estimate of drug-likeness (QED) is 0.868. The number of aromatic nitrogens is 1. The number of esters is 1. The first kappa shape index (κ1) is 14.5. The zero-order valence-electron chi connectivity index (χ0n) is 10.7. The Morgan fingerprint density at radius 3 is 2.80 bits per heavy atom. The maximum Gasteiger partial charge on any atom is 0.339 e. The van der Waals surface area contributed by atoms with Crippen molar-refractivity contribution < 1.29 is 13.9 Å². The van der Waals surface area contributed by atoms with E-state index in [4.69, 9.17) is 0 Å². The average Bonchev–Trinajstić information content (AvgIpc) is 2.48. The minimum absolute atomic E-state index is 0.330. The first-order valence-corrected chi connectivity index (χ1v) is 6.61. The molecule has 0 spiro atoms. The van der Waals surface area contributed by atoms with Crippen molar-refractivity contribution in [1.29, 1.82) is 0 Å². The van der Waals surface area contributed by atoms with Gasteiger partial charge in [-0.05, 0) is 46.3 Å². The van der Waals surface area contributed by atoms with Crippen LogP contribution in [0.2, 0.25) is 0 Å². The fourth-order valence-electron chi connectivity index (χ4n) is 1.57. The van der Waals surface area contributed by atoms with Gasteiger partial charge in [-0.3, -0.25) is 4.98 Å². The van der Waals surface area contributed by atoms with Gasteiger partial charge in [0, 0.05) is 11.9 Å². The first-order valence-electron chi connectivity index (χ1n) is 5.82. The molecule has 0 radical (unpaired) electrons. The second-order valence-corrected chi connectivity index (χ2v) is 4.87. The molecule has 0 fully saturated rings. The van der Waals surface area contributed by atoms with Crippen LogP contribution in [0.4, 0.5) is 10.1 Å². The lowest BCUT2D eigenvalue weighted by Gasteiger charge is -2.07. The molecule has 0 bridgehead atoms. The summed E-state index contributed by atoms with van der Waals surface area (Å²) in [5.41, 5.74) is 1.79. The topological polar surface area (TPSA) is 51.2 Å². The highest BCUT2D eigenvalue weighted by molar-refractivity contribution is 9.10. The van der Waals surface area contributed by atoms with Crippen molar-refractivity contribution in [2.45, 2.75) is 6.54 Å². The SMILES string of the molecule is COC(=O)c1ccc(CNc2ccc(Br)c(F)c2)nc1. The minimum atomic E-state index is -0.424. The number of pyridine rings is 1. The van der Waals surface area contributed by atoms with Crippen LogP contribution in [-0.2, 0) is 11.3 Å². The highest BCUT2D eigenvalue weighted by Gasteiger charge is 2.05. The summed E-state index contributed by atoms with van der Waals surface area (Å²) in [5, 5.41) is 3.05. The van der Waals surface area contributed by atoms with Crippen LogP contribution in [0.3, 0.4) is 0 Å². The average molecular weight is 339 g/mol. The van der Waals surface area contributed by atoms with Gasteiger partial charge in [-0.15, -0.1) is 0 Å². The van der Waals surface area contributed by atoms with Crippen LogP contribution in [0.5, 0.6) is 0 Å². The number of anilines is 1. The molecule has 20 heavy (non-hydrogen) atoms. The van der Waals surface area contributed by atoms with Crippen LogP contribution in [0.15, 0.2) is 41.0 Å². The molecule has 0 aliphatic carbocycles. The molecule has 1 aromatic carbocycles. The highest BCUT2D eigenvalue weighted by atomic mass is 79.9. The summed E-state index contributed by atoms with van der Waals surface area (Å²) in [5.74, 6) is -0.754. The molecule has 0 saturated carbocycles. The number of carbonyl (C=O) groups excluding carboxylic acids is 1.